The molecule has 0 bridgehead atoms. The Labute approximate surface area is 158 Å². The molecule has 0 aliphatic rings. The van der Waals surface area contributed by atoms with Crippen LogP contribution in [0.4, 0.5) is 0 Å². The quantitative estimate of drug-likeness (QED) is 0.374. The van der Waals surface area contributed by atoms with Crippen molar-refractivity contribution in [1.82, 2.24) is 4.98 Å². The topological polar surface area (TPSA) is 57.0 Å². The van der Waals surface area contributed by atoms with Crippen molar-refractivity contribution in [1.29, 1.82) is 0 Å². The molecule has 4 nitrogen and oxygen atoms in total. The number of hydrogen-bond acceptors (Lipinski definition) is 1. The molecule has 4 aromatic rings. The number of unbranched alkanes of at least 4 members (excludes halogenated alkanes) is 2. The van der Waals surface area contributed by atoms with Crippen LogP contribution in [0.1, 0.15) is 36.8 Å². The van der Waals surface area contributed by atoms with Gasteiger partial charge in [-0.25, -0.2) is 4.57 Å². The summed E-state index contributed by atoms with van der Waals surface area (Å²) >= 11 is 0. The van der Waals surface area contributed by atoms with Crippen LogP contribution in [0.5, 0.6) is 0 Å². The van der Waals surface area contributed by atoms with Gasteiger partial charge in [0.25, 0.3) is 0 Å². The molecule has 0 fully saturated rings. The molecule has 27 heavy (non-hydrogen) atoms. The van der Waals surface area contributed by atoms with Gasteiger partial charge in [-0.3, -0.25) is 4.79 Å². The highest BCUT2D eigenvalue weighted by Gasteiger charge is 2.16. The zero-order valence-electron chi connectivity index (χ0n) is 15.9. The van der Waals surface area contributed by atoms with E-state index < -0.39 is 5.97 Å². The molecule has 0 saturated heterocycles. The Bertz CT molecular complexity index is 1160. The number of nitrogens with zero attached hydrogens (tertiary/aromatic N) is 1. The summed E-state index contributed by atoms with van der Waals surface area (Å²) in [4.78, 5) is 14.2. The first-order chi connectivity index (χ1) is 13.1. The fraction of sp³-hybridized carbons (Fsp3) is 0.304. The number of fused-ring (bicyclic) bond motifs is 4. The van der Waals surface area contributed by atoms with E-state index in [1.165, 1.54) is 43.7 Å². The smallest absolute Gasteiger partial charge is 0.303 e. The molecule has 0 aliphatic carbocycles. The number of pyridine rings is 1. The molecular formula is C23H25N2O2+. The van der Waals surface area contributed by atoms with Gasteiger partial charge in [0.2, 0.25) is 0 Å². The number of rotatable bonds is 6. The van der Waals surface area contributed by atoms with Crippen LogP contribution in [-0.4, -0.2) is 16.1 Å². The highest BCUT2D eigenvalue weighted by Crippen LogP contribution is 2.35. The normalized spacial score (nSPS) is 11.6. The molecular weight excluding hydrogens is 336 g/mol. The number of aryl methyl sites for hydroxylation is 3. The van der Waals surface area contributed by atoms with Crippen LogP contribution in [0, 0.1) is 13.8 Å². The first kappa shape index (κ1) is 17.5. The Kier molecular flexibility index (Phi) is 4.56. The van der Waals surface area contributed by atoms with Crippen LogP contribution in [0.3, 0.4) is 0 Å². The van der Waals surface area contributed by atoms with Gasteiger partial charge in [-0.15, -0.1) is 0 Å². The number of carbonyl (C=O) groups is 1. The molecule has 0 unspecified atom stereocenters. The van der Waals surface area contributed by atoms with E-state index in [1.807, 2.05) is 0 Å². The zero-order chi connectivity index (χ0) is 19.0. The Morgan fingerprint density at radius 3 is 2.63 bits per heavy atom. The van der Waals surface area contributed by atoms with Gasteiger partial charge in [0.1, 0.15) is 6.54 Å². The van der Waals surface area contributed by atoms with Crippen molar-refractivity contribution in [2.75, 3.05) is 0 Å². The fourth-order valence-corrected chi connectivity index (χ4v) is 4.13. The second-order valence-electron chi connectivity index (χ2n) is 7.38. The largest absolute Gasteiger partial charge is 0.481 e. The minimum Gasteiger partial charge on any atom is -0.481 e. The minimum absolute atomic E-state index is 0.263. The van der Waals surface area contributed by atoms with Crippen LogP contribution in [0.25, 0.3) is 32.6 Å². The molecule has 4 heteroatoms. The lowest BCUT2D eigenvalue weighted by molar-refractivity contribution is -0.696. The van der Waals surface area contributed by atoms with E-state index in [1.54, 1.807) is 0 Å². The standard InChI is InChI=1S/C23H24N2O2/c1-15-19-14-25(12-7-3-4-10-21(26)27)13-11-17(19)16(2)23-22(15)18-8-5-6-9-20(18)24-23/h5-6,8-9,11,13-14H,3-4,7,10,12H2,1-2H3,(H,26,27)/p+1. The van der Waals surface area contributed by atoms with Crippen molar-refractivity contribution in [3.63, 3.8) is 0 Å². The molecule has 0 amide bonds. The number of aromatic nitrogens is 2. The van der Waals surface area contributed by atoms with Gasteiger partial charge >= 0.3 is 5.97 Å². The van der Waals surface area contributed by atoms with Crippen molar-refractivity contribution in [2.24, 2.45) is 0 Å². The first-order valence-electron chi connectivity index (χ1n) is 9.60. The van der Waals surface area contributed by atoms with Crippen molar-refractivity contribution in [3.8, 4) is 0 Å². The first-order valence-corrected chi connectivity index (χ1v) is 9.60. The van der Waals surface area contributed by atoms with E-state index >= 15 is 0 Å². The van der Waals surface area contributed by atoms with Crippen molar-refractivity contribution in [2.45, 2.75) is 46.1 Å². The second kappa shape index (κ2) is 7.03. The summed E-state index contributed by atoms with van der Waals surface area (Å²) in [6, 6.07) is 10.7. The van der Waals surface area contributed by atoms with E-state index in [0.717, 1.165) is 25.8 Å². The maximum absolute atomic E-state index is 10.6. The predicted molar refractivity (Wildman–Crippen MR) is 109 cm³/mol. The Morgan fingerprint density at radius 2 is 1.81 bits per heavy atom. The number of para-hydroxylation sites is 1. The third kappa shape index (κ3) is 3.16. The van der Waals surface area contributed by atoms with Crippen LogP contribution in [0.2, 0.25) is 0 Å². The van der Waals surface area contributed by atoms with Gasteiger partial charge in [0.05, 0.1) is 5.52 Å². The lowest BCUT2D eigenvalue weighted by Crippen LogP contribution is -2.32. The van der Waals surface area contributed by atoms with Crippen LogP contribution in [-0.2, 0) is 11.3 Å². The molecule has 0 saturated carbocycles. The Hall–Kier alpha value is -2.88. The number of aromatic amines is 1. The van der Waals surface area contributed by atoms with Gasteiger partial charge in [-0.05, 0) is 49.3 Å². The maximum Gasteiger partial charge on any atom is 0.303 e. The molecule has 138 valence electrons. The molecule has 0 atom stereocenters. The lowest BCUT2D eigenvalue weighted by atomic mass is 9.97. The molecule has 2 heterocycles. The van der Waals surface area contributed by atoms with Crippen molar-refractivity contribution < 1.29 is 14.5 Å². The third-order valence-corrected chi connectivity index (χ3v) is 5.59. The highest BCUT2D eigenvalue weighted by molar-refractivity contribution is 6.16. The highest BCUT2D eigenvalue weighted by atomic mass is 16.4. The SMILES string of the molecule is Cc1c2cc[n+](CCCCCC(=O)O)cc2c(C)c2c1[nH]c1ccccc12. The van der Waals surface area contributed by atoms with Gasteiger partial charge < -0.3 is 10.1 Å². The maximum atomic E-state index is 10.6. The molecule has 2 aromatic carbocycles. The minimum atomic E-state index is -0.706. The summed E-state index contributed by atoms with van der Waals surface area (Å²) < 4.78 is 2.23. The third-order valence-electron chi connectivity index (χ3n) is 5.59. The number of carboxylic acids is 1. The van der Waals surface area contributed by atoms with E-state index in [0.29, 0.717) is 0 Å². The summed E-state index contributed by atoms with van der Waals surface area (Å²) in [5, 5.41) is 13.9. The zero-order valence-corrected chi connectivity index (χ0v) is 15.9. The van der Waals surface area contributed by atoms with Crippen LogP contribution >= 0.6 is 0 Å². The molecule has 0 radical (unpaired) electrons. The van der Waals surface area contributed by atoms with Crippen molar-refractivity contribution >= 4 is 38.5 Å². The lowest BCUT2D eigenvalue weighted by Gasteiger charge is -2.08. The predicted octanol–water partition coefficient (Wildman–Crippen LogP) is 5.02. The second-order valence-corrected chi connectivity index (χ2v) is 7.38. The van der Waals surface area contributed by atoms with Gasteiger partial charge in [0, 0.05) is 40.6 Å². The van der Waals surface area contributed by atoms with E-state index in [-0.39, 0.29) is 6.42 Å². The number of benzene rings is 2. The van der Waals surface area contributed by atoms with Gasteiger partial charge in [-0.2, -0.15) is 0 Å². The molecule has 2 N–H and O–H groups in total. The van der Waals surface area contributed by atoms with E-state index in [4.69, 9.17) is 5.11 Å². The number of carboxylic acid groups (broad SMARTS) is 1. The summed E-state index contributed by atoms with van der Waals surface area (Å²) in [7, 11) is 0. The van der Waals surface area contributed by atoms with Crippen LogP contribution < -0.4 is 4.57 Å². The number of aliphatic carboxylic acids is 1. The average molecular weight is 361 g/mol. The molecule has 0 spiro atoms. The molecule has 2 aromatic heterocycles. The number of H-pyrrole nitrogens is 1. The van der Waals surface area contributed by atoms with Crippen molar-refractivity contribution in [3.05, 3.63) is 53.9 Å². The summed E-state index contributed by atoms with van der Waals surface area (Å²) in [5.41, 5.74) is 5.01. The summed E-state index contributed by atoms with van der Waals surface area (Å²) in [6.07, 6.45) is 7.33. The fourth-order valence-electron chi connectivity index (χ4n) is 4.13. The Morgan fingerprint density at radius 1 is 1.00 bits per heavy atom. The molecule has 4 rings (SSSR count). The average Bonchev–Trinajstić information content (AvgIpc) is 3.05. The van der Waals surface area contributed by atoms with E-state index in [9.17, 15) is 4.79 Å². The summed E-state index contributed by atoms with van der Waals surface area (Å²) in [5.74, 6) is -0.706. The van der Waals surface area contributed by atoms with E-state index in [2.05, 4.69) is 66.1 Å². The van der Waals surface area contributed by atoms with Gasteiger partial charge in [-0.1, -0.05) is 18.2 Å². The monoisotopic (exact) mass is 361 g/mol. The number of nitrogens with one attached hydrogen (secondary N) is 1. The number of hydrogen-bond donors (Lipinski definition) is 2. The Balaban J connectivity index is 1.72. The van der Waals surface area contributed by atoms with Gasteiger partial charge in [0.15, 0.2) is 12.4 Å². The molecule has 0 aliphatic heterocycles. The summed E-state index contributed by atoms with van der Waals surface area (Å²) in [6.45, 7) is 5.32. The van der Waals surface area contributed by atoms with Crippen LogP contribution in [0.15, 0.2) is 42.7 Å².